The summed E-state index contributed by atoms with van der Waals surface area (Å²) in [5.74, 6) is 1.25. The normalized spacial score (nSPS) is 22.0. The lowest BCUT2D eigenvalue weighted by molar-refractivity contribution is 0.0292. The van der Waals surface area contributed by atoms with Crippen LogP contribution < -0.4 is 16.0 Å². The molecule has 0 aliphatic heterocycles. The number of aromatic amines is 1. The fraction of sp³-hybridized carbons (Fsp3) is 0.444. The number of hydrogen-bond donors (Lipinski definition) is 2. The average Bonchev–Trinajstić information content (AvgIpc) is 2.81. The first-order chi connectivity index (χ1) is 15.5. The van der Waals surface area contributed by atoms with Gasteiger partial charge in [0, 0.05) is 11.6 Å². The van der Waals surface area contributed by atoms with Crippen LogP contribution in [0.1, 0.15) is 51.0 Å². The highest BCUT2D eigenvalue weighted by atomic mass is 35.5. The largest absolute Gasteiger partial charge is 0.489 e. The summed E-state index contributed by atoms with van der Waals surface area (Å²) in [7, 11) is 0. The van der Waals surface area contributed by atoms with Gasteiger partial charge in [0.2, 0.25) is 0 Å². The number of benzene rings is 2. The molecule has 1 aliphatic rings. The van der Waals surface area contributed by atoms with Crippen LogP contribution in [0.2, 0.25) is 5.02 Å². The number of aromatic nitrogens is 1. The highest BCUT2D eigenvalue weighted by Crippen LogP contribution is 2.48. The Morgan fingerprint density at radius 3 is 2.62 bits per heavy atom. The van der Waals surface area contributed by atoms with Crippen molar-refractivity contribution in [2.75, 3.05) is 6.54 Å². The molecule has 0 unspecified atom stereocenters. The van der Waals surface area contributed by atoms with E-state index in [-0.39, 0.29) is 11.7 Å². The third-order valence-electron chi connectivity index (χ3n) is 7.46. The number of rotatable bonds is 8. The second-order valence-electron chi connectivity index (χ2n) is 9.17. The van der Waals surface area contributed by atoms with E-state index in [1.807, 2.05) is 12.1 Å². The summed E-state index contributed by atoms with van der Waals surface area (Å²) in [4.78, 5) is 14.7. The van der Waals surface area contributed by atoms with E-state index in [9.17, 15) is 4.79 Å². The third-order valence-corrected chi connectivity index (χ3v) is 7.75. The van der Waals surface area contributed by atoms with Gasteiger partial charge < -0.3 is 15.5 Å². The highest BCUT2D eigenvalue weighted by Gasteiger charge is 2.40. The van der Waals surface area contributed by atoms with Crippen molar-refractivity contribution in [3.05, 3.63) is 75.7 Å². The summed E-state index contributed by atoms with van der Waals surface area (Å²) in [5.41, 5.74) is 7.61. The van der Waals surface area contributed by atoms with Crippen LogP contribution in [-0.2, 0) is 6.42 Å². The minimum absolute atomic E-state index is 0.134. The molecule has 32 heavy (non-hydrogen) atoms. The van der Waals surface area contributed by atoms with Crippen molar-refractivity contribution >= 4 is 22.4 Å². The molecule has 1 atom stereocenters. The Morgan fingerprint density at radius 1 is 1.19 bits per heavy atom. The van der Waals surface area contributed by atoms with Gasteiger partial charge >= 0.3 is 0 Å². The van der Waals surface area contributed by atoms with E-state index >= 15 is 0 Å². The second-order valence-corrected chi connectivity index (χ2v) is 9.58. The minimum Gasteiger partial charge on any atom is -0.489 e. The van der Waals surface area contributed by atoms with Crippen LogP contribution in [0.15, 0.2) is 59.5 Å². The number of halogens is 1. The van der Waals surface area contributed by atoms with Gasteiger partial charge in [-0.05, 0) is 85.6 Å². The topological polar surface area (TPSA) is 68.1 Å². The number of ether oxygens (including phenoxy) is 1. The Balaban J connectivity index is 1.47. The first-order valence-electron chi connectivity index (χ1n) is 11.8. The van der Waals surface area contributed by atoms with Gasteiger partial charge in [-0.25, -0.2) is 0 Å². The van der Waals surface area contributed by atoms with Gasteiger partial charge in [0.25, 0.3) is 5.56 Å². The van der Waals surface area contributed by atoms with Crippen LogP contribution in [0, 0.1) is 11.3 Å². The first kappa shape index (κ1) is 22.9. The van der Waals surface area contributed by atoms with Crippen LogP contribution in [0.4, 0.5) is 0 Å². The Bertz CT molecular complexity index is 1090. The third kappa shape index (κ3) is 4.87. The van der Waals surface area contributed by atoms with Gasteiger partial charge in [-0.1, -0.05) is 55.3 Å². The number of fused-ring (bicyclic) bond motifs is 1. The SMILES string of the molecule is CC[C@]1([C@H](CCN)Cc2ccccc2)CC[C@H](Oc2cc3cc[nH]c(=O)c3cc2Cl)CC1. The molecule has 3 N–H and O–H groups in total. The minimum atomic E-state index is -0.134. The van der Waals surface area contributed by atoms with E-state index < -0.39 is 0 Å². The molecular weight excluding hydrogens is 420 g/mol. The fourth-order valence-electron chi connectivity index (χ4n) is 5.52. The zero-order valence-electron chi connectivity index (χ0n) is 18.8. The molecule has 3 aromatic rings. The van der Waals surface area contributed by atoms with Crippen molar-refractivity contribution in [1.82, 2.24) is 4.98 Å². The second kappa shape index (κ2) is 10.1. The van der Waals surface area contributed by atoms with Crippen molar-refractivity contribution in [2.45, 2.75) is 58.0 Å². The van der Waals surface area contributed by atoms with E-state index in [1.54, 1.807) is 12.3 Å². The number of H-pyrrole nitrogens is 1. The Labute approximate surface area is 195 Å². The van der Waals surface area contributed by atoms with Crippen molar-refractivity contribution in [1.29, 1.82) is 0 Å². The lowest BCUT2D eigenvalue weighted by Crippen LogP contribution is -2.39. The zero-order chi connectivity index (χ0) is 22.6. The molecule has 0 amide bonds. The van der Waals surface area contributed by atoms with E-state index in [4.69, 9.17) is 22.1 Å². The number of nitrogens with one attached hydrogen (secondary N) is 1. The Hall–Kier alpha value is -2.30. The Kier molecular flexibility index (Phi) is 7.22. The lowest BCUT2D eigenvalue weighted by Gasteiger charge is -2.45. The smallest absolute Gasteiger partial charge is 0.255 e. The molecule has 2 aromatic carbocycles. The lowest BCUT2D eigenvalue weighted by atomic mass is 9.61. The van der Waals surface area contributed by atoms with Gasteiger partial charge in [0.1, 0.15) is 5.75 Å². The maximum Gasteiger partial charge on any atom is 0.255 e. The molecule has 4 rings (SSSR count). The molecule has 0 saturated heterocycles. The number of hydrogen-bond acceptors (Lipinski definition) is 3. The highest BCUT2D eigenvalue weighted by molar-refractivity contribution is 6.32. The van der Waals surface area contributed by atoms with Crippen molar-refractivity contribution in [2.24, 2.45) is 17.1 Å². The fourth-order valence-corrected chi connectivity index (χ4v) is 5.73. The summed E-state index contributed by atoms with van der Waals surface area (Å²) in [6.45, 7) is 3.05. The van der Waals surface area contributed by atoms with E-state index in [0.29, 0.717) is 27.5 Å². The predicted molar refractivity (Wildman–Crippen MR) is 132 cm³/mol. The van der Waals surface area contributed by atoms with Crippen LogP contribution in [0.3, 0.4) is 0 Å². The van der Waals surface area contributed by atoms with Crippen molar-refractivity contribution in [3.8, 4) is 5.75 Å². The quantitative estimate of drug-likeness (QED) is 0.433. The summed E-state index contributed by atoms with van der Waals surface area (Å²) in [6.07, 6.45) is 9.39. The zero-order valence-corrected chi connectivity index (χ0v) is 19.5. The van der Waals surface area contributed by atoms with E-state index in [0.717, 1.165) is 56.9 Å². The van der Waals surface area contributed by atoms with E-state index in [2.05, 4.69) is 42.2 Å². The maximum absolute atomic E-state index is 12.0. The molecular formula is C27H33ClN2O2. The van der Waals surface area contributed by atoms with Gasteiger partial charge in [-0.2, -0.15) is 0 Å². The Morgan fingerprint density at radius 2 is 1.94 bits per heavy atom. The van der Waals surface area contributed by atoms with Crippen LogP contribution in [0.25, 0.3) is 10.8 Å². The predicted octanol–water partition coefficient (Wildman–Crippen LogP) is 6.11. The molecule has 5 heteroatoms. The van der Waals surface area contributed by atoms with Crippen molar-refractivity contribution < 1.29 is 4.74 Å². The van der Waals surface area contributed by atoms with Crippen LogP contribution in [-0.4, -0.2) is 17.6 Å². The standard InChI is InChI=1S/C27H33ClN2O2/c1-2-27(21(10-14-29)16-19-6-4-3-5-7-19)12-8-22(9-13-27)32-25-17-20-11-15-30-26(31)23(20)18-24(25)28/h3-7,11,15,17-18,21-22H,2,8-10,12-14,16,29H2,1H3,(H,30,31)/t21-,22-,27-/m1/s1. The first-order valence-corrected chi connectivity index (χ1v) is 12.1. The molecule has 0 bridgehead atoms. The average molecular weight is 453 g/mol. The molecule has 1 heterocycles. The number of nitrogens with two attached hydrogens (primary N) is 1. The summed E-state index contributed by atoms with van der Waals surface area (Å²) < 4.78 is 6.36. The molecule has 1 saturated carbocycles. The molecule has 1 fully saturated rings. The number of pyridine rings is 1. The molecule has 0 radical (unpaired) electrons. The monoisotopic (exact) mass is 452 g/mol. The summed E-state index contributed by atoms with van der Waals surface area (Å²) in [6, 6.07) is 16.3. The summed E-state index contributed by atoms with van der Waals surface area (Å²) in [5, 5.41) is 1.92. The van der Waals surface area contributed by atoms with Gasteiger partial charge in [-0.15, -0.1) is 0 Å². The van der Waals surface area contributed by atoms with Crippen molar-refractivity contribution in [3.63, 3.8) is 0 Å². The molecule has 1 aliphatic carbocycles. The molecule has 1 aromatic heterocycles. The maximum atomic E-state index is 12.0. The summed E-state index contributed by atoms with van der Waals surface area (Å²) >= 11 is 6.47. The van der Waals surface area contributed by atoms with Gasteiger partial charge in [0.15, 0.2) is 0 Å². The van der Waals surface area contributed by atoms with Gasteiger partial charge in [0.05, 0.1) is 11.1 Å². The molecule has 0 spiro atoms. The van der Waals surface area contributed by atoms with E-state index in [1.165, 1.54) is 5.56 Å². The molecule has 4 nitrogen and oxygen atoms in total. The van der Waals surface area contributed by atoms with Crippen LogP contribution in [0.5, 0.6) is 5.75 Å². The van der Waals surface area contributed by atoms with Crippen LogP contribution >= 0.6 is 11.6 Å². The molecule has 170 valence electrons. The van der Waals surface area contributed by atoms with Gasteiger partial charge in [-0.3, -0.25) is 4.79 Å².